The van der Waals surface area contributed by atoms with Gasteiger partial charge in [-0.2, -0.15) is 0 Å². The van der Waals surface area contributed by atoms with Gasteiger partial charge in [0.1, 0.15) is 0 Å². The van der Waals surface area contributed by atoms with Crippen molar-refractivity contribution in [1.29, 1.82) is 0 Å². The molecule has 0 aromatic heterocycles. The molecule has 0 spiro atoms. The maximum absolute atomic E-state index is 10.0. The van der Waals surface area contributed by atoms with Gasteiger partial charge in [0.05, 0.1) is 14.2 Å². The van der Waals surface area contributed by atoms with Crippen LogP contribution in [0.3, 0.4) is 0 Å². The topological polar surface area (TPSA) is 50.7 Å². The van der Waals surface area contributed by atoms with Crippen LogP contribution >= 0.6 is 0 Å². The number of rotatable bonds is 2. The van der Waals surface area contributed by atoms with Gasteiger partial charge in [-0.1, -0.05) is 0 Å². The Morgan fingerprint density at radius 1 is 1.33 bits per heavy atom. The third-order valence-electron chi connectivity index (χ3n) is 2.71. The molecule has 2 N–H and O–H groups in total. The molecule has 0 radical (unpaired) electrons. The van der Waals surface area contributed by atoms with E-state index in [9.17, 15) is 5.11 Å². The molecule has 0 atom stereocenters. The highest BCUT2D eigenvalue weighted by molar-refractivity contribution is 5.58. The lowest BCUT2D eigenvalue weighted by molar-refractivity contribution is 0.329. The van der Waals surface area contributed by atoms with E-state index in [1.165, 1.54) is 7.11 Å². The molecule has 0 fully saturated rings. The maximum Gasteiger partial charge on any atom is 0.203 e. The van der Waals surface area contributed by atoms with Crippen LogP contribution in [0.1, 0.15) is 11.1 Å². The molecular weight excluding hydrogens is 194 g/mol. The molecule has 1 heterocycles. The molecule has 0 aliphatic carbocycles. The zero-order chi connectivity index (χ0) is 10.8. The van der Waals surface area contributed by atoms with Crippen molar-refractivity contribution < 1.29 is 14.6 Å². The summed E-state index contributed by atoms with van der Waals surface area (Å²) < 4.78 is 10.3. The first-order valence-corrected chi connectivity index (χ1v) is 4.94. The van der Waals surface area contributed by atoms with E-state index in [1.54, 1.807) is 7.11 Å². The van der Waals surface area contributed by atoms with E-state index in [0.717, 1.165) is 30.6 Å². The molecule has 1 aromatic carbocycles. The molecule has 4 heteroatoms. The molecule has 0 unspecified atom stereocenters. The van der Waals surface area contributed by atoms with Crippen molar-refractivity contribution in [3.63, 3.8) is 0 Å². The van der Waals surface area contributed by atoms with E-state index in [-0.39, 0.29) is 5.75 Å². The van der Waals surface area contributed by atoms with E-state index in [2.05, 4.69) is 5.32 Å². The van der Waals surface area contributed by atoms with Crippen LogP contribution in [0.25, 0.3) is 0 Å². The van der Waals surface area contributed by atoms with Gasteiger partial charge in [-0.25, -0.2) is 0 Å². The summed E-state index contributed by atoms with van der Waals surface area (Å²) in [5.74, 6) is 1.23. The van der Waals surface area contributed by atoms with Crippen molar-refractivity contribution in [2.75, 3.05) is 20.8 Å². The van der Waals surface area contributed by atoms with Crippen molar-refractivity contribution in [3.8, 4) is 17.2 Å². The summed E-state index contributed by atoms with van der Waals surface area (Å²) in [5.41, 5.74) is 2.04. The van der Waals surface area contributed by atoms with Crippen molar-refractivity contribution in [1.82, 2.24) is 5.32 Å². The summed E-state index contributed by atoms with van der Waals surface area (Å²) in [5, 5.41) is 13.3. The first-order valence-electron chi connectivity index (χ1n) is 4.94. The van der Waals surface area contributed by atoms with Gasteiger partial charge in [-0.05, 0) is 24.6 Å². The molecule has 0 amide bonds. The second-order valence-corrected chi connectivity index (χ2v) is 3.53. The molecule has 15 heavy (non-hydrogen) atoms. The van der Waals surface area contributed by atoms with E-state index in [0.29, 0.717) is 11.5 Å². The van der Waals surface area contributed by atoms with E-state index >= 15 is 0 Å². The smallest absolute Gasteiger partial charge is 0.203 e. The number of benzene rings is 1. The molecule has 4 nitrogen and oxygen atoms in total. The molecule has 82 valence electrons. The molecule has 1 aliphatic heterocycles. The molecule has 2 rings (SSSR count). The Morgan fingerprint density at radius 2 is 2.13 bits per heavy atom. The van der Waals surface area contributed by atoms with Crippen molar-refractivity contribution >= 4 is 0 Å². The van der Waals surface area contributed by atoms with Crippen LogP contribution in [-0.2, 0) is 13.0 Å². The summed E-state index contributed by atoms with van der Waals surface area (Å²) in [4.78, 5) is 0. The Labute approximate surface area is 88.8 Å². The highest BCUT2D eigenvalue weighted by Gasteiger charge is 2.20. The van der Waals surface area contributed by atoms with Gasteiger partial charge < -0.3 is 19.9 Å². The first kappa shape index (κ1) is 10.1. The highest BCUT2D eigenvalue weighted by atomic mass is 16.5. The lowest BCUT2D eigenvalue weighted by atomic mass is 9.99. The number of methoxy groups -OCH3 is 2. The quantitative estimate of drug-likeness (QED) is 0.764. The second-order valence-electron chi connectivity index (χ2n) is 3.53. The van der Waals surface area contributed by atoms with Gasteiger partial charge in [-0.15, -0.1) is 0 Å². The summed E-state index contributed by atoms with van der Waals surface area (Å²) in [6, 6.07) is 1.92. The third kappa shape index (κ3) is 1.61. The summed E-state index contributed by atoms with van der Waals surface area (Å²) in [6.07, 6.45) is 0.821. The minimum atomic E-state index is 0.216. The summed E-state index contributed by atoms with van der Waals surface area (Å²) in [6.45, 7) is 1.65. The number of hydrogen-bond acceptors (Lipinski definition) is 4. The van der Waals surface area contributed by atoms with Crippen LogP contribution in [0, 0.1) is 0 Å². The molecular formula is C11H15NO3. The largest absolute Gasteiger partial charge is 0.504 e. The molecule has 1 aromatic rings. The number of fused-ring (bicyclic) bond motifs is 1. The van der Waals surface area contributed by atoms with Crippen molar-refractivity contribution in [2.24, 2.45) is 0 Å². The average Bonchev–Trinajstić information content (AvgIpc) is 2.29. The zero-order valence-corrected chi connectivity index (χ0v) is 8.96. The van der Waals surface area contributed by atoms with Crippen molar-refractivity contribution in [3.05, 3.63) is 17.2 Å². The minimum absolute atomic E-state index is 0.216. The molecule has 0 saturated carbocycles. The van der Waals surface area contributed by atoms with E-state index in [1.807, 2.05) is 6.07 Å². The Kier molecular flexibility index (Phi) is 2.68. The van der Waals surface area contributed by atoms with Gasteiger partial charge in [0.25, 0.3) is 0 Å². The van der Waals surface area contributed by atoms with Gasteiger partial charge in [0.2, 0.25) is 5.75 Å². The van der Waals surface area contributed by atoms with Crippen LogP contribution in [0.4, 0.5) is 0 Å². The van der Waals surface area contributed by atoms with Crippen LogP contribution in [-0.4, -0.2) is 25.9 Å². The Hall–Kier alpha value is -1.42. The number of hydrogen-bond donors (Lipinski definition) is 2. The van der Waals surface area contributed by atoms with Gasteiger partial charge >= 0.3 is 0 Å². The van der Waals surface area contributed by atoms with E-state index < -0.39 is 0 Å². The minimum Gasteiger partial charge on any atom is -0.504 e. The number of aromatic hydroxyl groups is 1. The standard InChI is InChI=1S/C11H15NO3/c1-14-9-5-7-6-12-4-3-8(7)10(13)11(9)15-2/h5,12-13H,3-4,6H2,1-2H3. The number of nitrogens with one attached hydrogen (secondary N) is 1. The molecule has 0 bridgehead atoms. The fraction of sp³-hybridized carbons (Fsp3) is 0.455. The Balaban J connectivity index is 2.57. The van der Waals surface area contributed by atoms with Crippen LogP contribution in [0.2, 0.25) is 0 Å². The lowest BCUT2D eigenvalue weighted by Crippen LogP contribution is -2.23. The second kappa shape index (κ2) is 3.98. The van der Waals surface area contributed by atoms with Crippen LogP contribution in [0.5, 0.6) is 17.2 Å². The molecule has 0 saturated heterocycles. The Morgan fingerprint density at radius 3 is 2.80 bits per heavy atom. The van der Waals surface area contributed by atoms with Crippen molar-refractivity contribution in [2.45, 2.75) is 13.0 Å². The van der Waals surface area contributed by atoms with Crippen LogP contribution in [0.15, 0.2) is 6.07 Å². The Bertz CT molecular complexity index is 362. The van der Waals surface area contributed by atoms with Gasteiger partial charge in [0, 0.05) is 12.1 Å². The fourth-order valence-electron chi connectivity index (χ4n) is 1.94. The van der Waals surface area contributed by atoms with Crippen LogP contribution < -0.4 is 14.8 Å². The predicted octanol–water partition coefficient (Wildman–Crippen LogP) is 1.06. The number of phenols is 1. The highest BCUT2D eigenvalue weighted by Crippen LogP contribution is 2.41. The SMILES string of the molecule is COc1cc2c(c(O)c1OC)CCNC2. The van der Waals surface area contributed by atoms with Gasteiger partial charge in [-0.3, -0.25) is 0 Å². The molecule has 1 aliphatic rings. The normalized spacial score (nSPS) is 14.5. The zero-order valence-electron chi connectivity index (χ0n) is 8.96. The number of phenolic OH excluding ortho intramolecular Hbond substituents is 1. The fourth-order valence-corrected chi connectivity index (χ4v) is 1.94. The number of ether oxygens (including phenoxy) is 2. The van der Waals surface area contributed by atoms with Gasteiger partial charge in [0.15, 0.2) is 11.5 Å². The summed E-state index contributed by atoms with van der Waals surface area (Å²) >= 11 is 0. The average molecular weight is 209 g/mol. The first-order chi connectivity index (χ1) is 7.27. The summed E-state index contributed by atoms with van der Waals surface area (Å²) in [7, 11) is 3.10. The predicted molar refractivity (Wildman–Crippen MR) is 56.6 cm³/mol. The van der Waals surface area contributed by atoms with E-state index in [4.69, 9.17) is 9.47 Å². The third-order valence-corrected chi connectivity index (χ3v) is 2.71. The lowest BCUT2D eigenvalue weighted by Gasteiger charge is -2.21. The monoisotopic (exact) mass is 209 g/mol. The maximum atomic E-state index is 10.0.